The van der Waals surface area contributed by atoms with E-state index in [2.05, 4.69) is 4.98 Å². The number of nitrogens with one attached hydrogen (secondary N) is 1. The van der Waals surface area contributed by atoms with E-state index < -0.39 is 15.9 Å². The molecule has 4 aromatic rings. The zero-order valence-electron chi connectivity index (χ0n) is 16.5. The molecule has 0 atom stereocenters. The van der Waals surface area contributed by atoms with Crippen molar-refractivity contribution in [1.29, 1.82) is 0 Å². The van der Waals surface area contributed by atoms with E-state index in [1.807, 2.05) is 30.3 Å². The summed E-state index contributed by atoms with van der Waals surface area (Å²) >= 11 is 0. The minimum Gasteiger partial charge on any atom is -0.379 e. The lowest BCUT2D eigenvalue weighted by Gasteiger charge is -2.26. The molecule has 9 heteroatoms. The number of benzene rings is 2. The molecular formula is C22H20N4O4S. The van der Waals surface area contributed by atoms with Gasteiger partial charge in [0.1, 0.15) is 0 Å². The number of carbonyl (C=O) groups is 1. The molecule has 1 aliphatic heterocycles. The molecule has 0 radical (unpaired) electrons. The fourth-order valence-electron chi connectivity index (χ4n) is 3.88. The second-order valence-electron chi connectivity index (χ2n) is 7.36. The van der Waals surface area contributed by atoms with Crippen molar-refractivity contribution in [3.63, 3.8) is 0 Å². The molecular weight excluding hydrogens is 416 g/mol. The molecule has 1 saturated heterocycles. The SMILES string of the molecule is NC(=O)c1cc(-c2ccccc2)nc2c1[nH]c1cc(S(=O)(=O)N3CCOCC3)ccc12. The van der Waals surface area contributed by atoms with Gasteiger partial charge in [0.2, 0.25) is 10.0 Å². The number of hydrogen-bond acceptors (Lipinski definition) is 5. The van der Waals surface area contributed by atoms with Crippen molar-refractivity contribution in [2.24, 2.45) is 5.73 Å². The highest BCUT2D eigenvalue weighted by Gasteiger charge is 2.27. The maximum Gasteiger partial charge on any atom is 0.250 e. The molecule has 2 aromatic carbocycles. The van der Waals surface area contributed by atoms with Crippen LogP contribution in [0.15, 0.2) is 59.5 Å². The van der Waals surface area contributed by atoms with Gasteiger partial charge in [-0.15, -0.1) is 0 Å². The Balaban J connectivity index is 1.69. The molecule has 31 heavy (non-hydrogen) atoms. The Labute approximate surface area is 178 Å². The van der Waals surface area contributed by atoms with Crippen LogP contribution < -0.4 is 5.73 Å². The van der Waals surface area contributed by atoms with Gasteiger partial charge in [0.05, 0.1) is 40.4 Å². The van der Waals surface area contributed by atoms with E-state index in [0.717, 1.165) is 10.9 Å². The van der Waals surface area contributed by atoms with Crippen LogP contribution in [0.25, 0.3) is 33.2 Å². The fraction of sp³-hybridized carbons (Fsp3) is 0.182. The zero-order valence-corrected chi connectivity index (χ0v) is 17.4. The number of sulfonamides is 1. The van der Waals surface area contributed by atoms with Crippen molar-refractivity contribution in [2.75, 3.05) is 26.3 Å². The van der Waals surface area contributed by atoms with Crippen LogP contribution in [-0.4, -0.2) is 54.9 Å². The molecule has 5 rings (SSSR count). The van der Waals surface area contributed by atoms with Crippen LogP contribution in [0.4, 0.5) is 0 Å². The van der Waals surface area contributed by atoms with Crippen molar-refractivity contribution in [3.05, 3.63) is 60.2 Å². The largest absolute Gasteiger partial charge is 0.379 e. The van der Waals surface area contributed by atoms with Crippen LogP contribution in [0.5, 0.6) is 0 Å². The minimum absolute atomic E-state index is 0.178. The second-order valence-corrected chi connectivity index (χ2v) is 9.30. The second kappa shape index (κ2) is 7.45. The summed E-state index contributed by atoms with van der Waals surface area (Å²) in [6, 6.07) is 16.0. The van der Waals surface area contributed by atoms with E-state index in [4.69, 9.17) is 15.5 Å². The van der Waals surface area contributed by atoms with Crippen LogP contribution >= 0.6 is 0 Å². The Morgan fingerprint density at radius 2 is 1.81 bits per heavy atom. The average Bonchev–Trinajstić information content (AvgIpc) is 3.17. The number of ether oxygens (including phenoxy) is 1. The molecule has 2 aromatic heterocycles. The first-order valence-electron chi connectivity index (χ1n) is 9.85. The van der Waals surface area contributed by atoms with Crippen LogP contribution in [0, 0.1) is 0 Å². The number of aromatic nitrogens is 2. The number of carbonyl (C=O) groups excluding carboxylic acids is 1. The first-order chi connectivity index (χ1) is 14.9. The predicted molar refractivity (Wildman–Crippen MR) is 117 cm³/mol. The van der Waals surface area contributed by atoms with E-state index in [1.54, 1.807) is 24.3 Å². The number of primary amides is 1. The van der Waals surface area contributed by atoms with Gasteiger partial charge in [0.25, 0.3) is 5.91 Å². The third kappa shape index (κ3) is 3.36. The van der Waals surface area contributed by atoms with Crippen LogP contribution in [-0.2, 0) is 14.8 Å². The standard InChI is InChI=1S/C22H20N4O4S/c23-22(27)17-13-18(14-4-2-1-3-5-14)24-20-16-7-6-15(12-19(16)25-21(17)20)31(28,29)26-8-10-30-11-9-26/h1-7,12-13,25H,8-11H2,(H2,23,27). The molecule has 0 bridgehead atoms. The van der Waals surface area contributed by atoms with Crippen molar-refractivity contribution < 1.29 is 17.9 Å². The number of amides is 1. The molecule has 158 valence electrons. The monoisotopic (exact) mass is 436 g/mol. The Kier molecular flexibility index (Phi) is 4.73. The molecule has 0 saturated carbocycles. The summed E-state index contributed by atoms with van der Waals surface area (Å²) in [6.45, 7) is 1.39. The molecule has 0 unspecified atom stereocenters. The Hall–Kier alpha value is -3.27. The van der Waals surface area contributed by atoms with Gasteiger partial charge in [-0.25, -0.2) is 13.4 Å². The quantitative estimate of drug-likeness (QED) is 0.510. The average molecular weight is 436 g/mol. The van der Waals surface area contributed by atoms with Crippen molar-refractivity contribution >= 4 is 37.9 Å². The van der Waals surface area contributed by atoms with Crippen molar-refractivity contribution in [3.8, 4) is 11.3 Å². The maximum atomic E-state index is 13.0. The lowest BCUT2D eigenvalue weighted by atomic mass is 10.1. The third-order valence-electron chi connectivity index (χ3n) is 5.47. The number of rotatable bonds is 4. The summed E-state index contributed by atoms with van der Waals surface area (Å²) in [4.78, 5) is 20.2. The Morgan fingerprint density at radius 1 is 1.06 bits per heavy atom. The van der Waals surface area contributed by atoms with Gasteiger partial charge >= 0.3 is 0 Å². The van der Waals surface area contributed by atoms with E-state index >= 15 is 0 Å². The van der Waals surface area contributed by atoms with Gasteiger partial charge < -0.3 is 15.5 Å². The van der Waals surface area contributed by atoms with Gasteiger partial charge in [-0.05, 0) is 24.3 Å². The topological polar surface area (TPSA) is 118 Å². The van der Waals surface area contributed by atoms with Gasteiger partial charge in [0, 0.05) is 29.6 Å². The number of nitrogens with zero attached hydrogens (tertiary/aromatic N) is 2. The fourth-order valence-corrected chi connectivity index (χ4v) is 5.32. The normalized spacial score (nSPS) is 15.5. The number of aromatic amines is 1. The van der Waals surface area contributed by atoms with Gasteiger partial charge in [-0.3, -0.25) is 4.79 Å². The van der Waals surface area contributed by atoms with Crippen LogP contribution in [0.1, 0.15) is 10.4 Å². The highest BCUT2D eigenvalue weighted by molar-refractivity contribution is 7.89. The minimum atomic E-state index is -3.65. The maximum absolute atomic E-state index is 13.0. The summed E-state index contributed by atoms with van der Waals surface area (Å²) < 4.78 is 32.7. The van der Waals surface area contributed by atoms with Crippen LogP contribution in [0.3, 0.4) is 0 Å². The van der Waals surface area contributed by atoms with Crippen molar-refractivity contribution in [1.82, 2.24) is 14.3 Å². The van der Waals surface area contributed by atoms with Gasteiger partial charge in [-0.1, -0.05) is 30.3 Å². The number of hydrogen-bond donors (Lipinski definition) is 2. The van der Waals surface area contributed by atoms with E-state index in [0.29, 0.717) is 54.1 Å². The summed E-state index contributed by atoms with van der Waals surface area (Å²) in [5, 5.41) is 0.719. The van der Waals surface area contributed by atoms with Gasteiger partial charge in [-0.2, -0.15) is 4.31 Å². The molecule has 0 spiro atoms. The predicted octanol–water partition coefficient (Wildman–Crippen LogP) is 2.50. The first-order valence-corrected chi connectivity index (χ1v) is 11.3. The Bertz CT molecular complexity index is 1410. The van der Waals surface area contributed by atoms with Crippen molar-refractivity contribution in [2.45, 2.75) is 4.90 Å². The third-order valence-corrected chi connectivity index (χ3v) is 7.36. The number of pyridine rings is 1. The smallest absolute Gasteiger partial charge is 0.250 e. The summed E-state index contributed by atoms with van der Waals surface area (Å²) in [6.07, 6.45) is 0. The summed E-state index contributed by atoms with van der Waals surface area (Å²) in [5.74, 6) is -0.586. The lowest BCUT2D eigenvalue weighted by molar-refractivity contribution is 0.0730. The molecule has 0 aliphatic carbocycles. The molecule has 1 fully saturated rings. The molecule has 1 amide bonds. The highest BCUT2D eigenvalue weighted by atomic mass is 32.2. The zero-order chi connectivity index (χ0) is 21.6. The molecule has 3 heterocycles. The summed E-state index contributed by atoms with van der Waals surface area (Å²) in [5.41, 5.74) is 9.05. The van der Waals surface area contributed by atoms with E-state index in [9.17, 15) is 13.2 Å². The number of H-pyrrole nitrogens is 1. The summed E-state index contributed by atoms with van der Waals surface area (Å²) in [7, 11) is -3.65. The molecule has 3 N–H and O–H groups in total. The number of morpholine rings is 1. The van der Waals surface area contributed by atoms with E-state index in [-0.39, 0.29) is 4.90 Å². The lowest BCUT2D eigenvalue weighted by Crippen LogP contribution is -2.40. The molecule has 8 nitrogen and oxygen atoms in total. The molecule has 1 aliphatic rings. The highest BCUT2D eigenvalue weighted by Crippen LogP contribution is 2.32. The van der Waals surface area contributed by atoms with Crippen LogP contribution in [0.2, 0.25) is 0 Å². The first kappa shape index (κ1) is 19.7. The number of nitrogens with two attached hydrogens (primary N) is 1. The van der Waals surface area contributed by atoms with Gasteiger partial charge in [0.15, 0.2) is 0 Å². The number of fused-ring (bicyclic) bond motifs is 3. The Morgan fingerprint density at radius 3 is 2.52 bits per heavy atom. The van der Waals surface area contributed by atoms with E-state index in [1.165, 1.54) is 4.31 Å².